The van der Waals surface area contributed by atoms with E-state index in [4.69, 9.17) is 11.6 Å². The van der Waals surface area contributed by atoms with Gasteiger partial charge in [-0.2, -0.15) is 4.31 Å². The van der Waals surface area contributed by atoms with Crippen LogP contribution >= 0.6 is 11.6 Å². The first-order valence-electron chi connectivity index (χ1n) is 6.72. The molecule has 0 saturated carbocycles. The van der Waals surface area contributed by atoms with Gasteiger partial charge in [0, 0.05) is 25.7 Å². The third kappa shape index (κ3) is 4.07. The van der Waals surface area contributed by atoms with Gasteiger partial charge in [-0.25, -0.2) is 8.42 Å². The third-order valence-corrected chi connectivity index (χ3v) is 5.56. The van der Waals surface area contributed by atoms with E-state index in [0.29, 0.717) is 0 Å². The van der Waals surface area contributed by atoms with Gasteiger partial charge in [0.15, 0.2) is 0 Å². The number of hydrogen-bond donors (Lipinski definition) is 0. The summed E-state index contributed by atoms with van der Waals surface area (Å²) >= 11 is 6.27. The Hall–Kier alpha value is -1.96. The molecule has 122 valence electrons. The molecular weight excluding hydrogens is 340 g/mol. The zero-order valence-electron chi connectivity index (χ0n) is 12.3. The predicted molar refractivity (Wildman–Crippen MR) is 87.9 cm³/mol. The number of sulfonamides is 1. The van der Waals surface area contributed by atoms with Crippen molar-refractivity contribution in [1.29, 1.82) is 0 Å². The molecule has 0 N–H and O–H groups in total. The minimum atomic E-state index is -3.76. The second kappa shape index (κ2) is 7.08. The Kier molecular flexibility index (Phi) is 5.35. The van der Waals surface area contributed by atoms with E-state index in [2.05, 4.69) is 0 Å². The summed E-state index contributed by atoms with van der Waals surface area (Å²) in [5, 5.41) is 10.1. The van der Waals surface area contributed by atoms with Crippen molar-refractivity contribution in [3.05, 3.63) is 70.3 Å². The number of likely N-dealkylation sites (N-methyl/N-ethyl adjacent to an activating group) is 1. The summed E-state index contributed by atoms with van der Waals surface area (Å²) in [6.45, 7) is 0.0882. The highest BCUT2D eigenvalue weighted by Gasteiger charge is 2.24. The second-order valence-electron chi connectivity index (χ2n) is 4.91. The van der Waals surface area contributed by atoms with Gasteiger partial charge in [0.2, 0.25) is 10.0 Å². The Labute approximate surface area is 139 Å². The van der Waals surface area contributed by atoms with Gasteiger partial charge in [0.05, 0.1) is 15.2 Å². The average Bonchev–Trinajstić information content (AvgIpc) is 2.55. The molecule has 0 aliphatic rings. The maximum Gasteiger partial charge on any atom is 0.269 e. The van der Waals surface area contributed by atoms with Crippen molar-refractivity contribution in [2.45, 2.75) is 10.3 Å². The third-order valence-electron chi connectivity index (χ3n) is 3.33. The van der Waals surface area contributed by atoms with Crippen LogP contribution in [0.2, 0.25) is 0 Å². The van der Waals surface area contributed by atoms with Crippen LogP contribution in [0.25, 0.3) is 0 Å². The zero-order valence-corrected chi connectivity index (χ0v) is 13.9. The molecule has 6 nitrogen and oxygen atoms in total. The average molecular weight is 355 g/mol. The molecule has 0 aliphatic heterocycles. The molecule has 8 heteroatoms. The summed E-state index contributed by atoms with van der Waals surface area (Å²) in [6.07, 6.45) is 0. The fourth-order valence-electron chi connectivity index (χ4n) is 2.01. The van der Waals surface area contributed by atoms with Gasteiger partial charge < -0.3 is 0 Å². The number of alkyl halides is 1. The van der Waals surface area contributed by atoms with E-state index >= 15 is 0 Å². The molecule has 2 aromatic rings. The Morgan fingerprint density at radius 1 is 1.13 bits per heavy atom. The summed E-state index contributed by atoms with van der Waals surface area (Å²) in [5.41, 5.74) is 0.658. The highest BCUT2D eigenvalue weighted by molar-refractivity contribution is 7.89. The van der Waals surface area contributed by atoms with E-state index < -0.39 is 20.3 Å². The van der Waals surface area contributed by atoms with Crippen molar-refractivity contribution < 1.29 is 13.3 Å². The second-order valence-corrected chi connectivity index (χ2v) is 7.49. The van der Waals surface area contributed by atoms with E-state index in [1.165, 1.54) is 19.2 Å². The molecule has 2 rings (SSSR count). The van der Waals surface area contributed by atoms with Crippen LogP contribution in [0.1, 0.15) is 10.9 Å². The largest absolute Gasteiger partial charge is 0.269 e. The van der Waals surface area contributed by atoms with Gasteiger partial charge >= 0.3 is 0 Å². The number of nitro benzene ring substituents is 1. The Bertz CT molecular complexity index is 779. The van der Waals surface area contributed by atoms with Crippen LogP contribution in [0.3, 0.4) is 0 Å². The first-order valence-corrected chi connectivity index (χ1v) is 8.60. The first kappa shape index (κ1) is 17.4. The molecule has 23 heavy (non-hydrogen) atoms. The van der Waals surface area contributed by atoms with Gasteiger partial charge in [-0.15, -0.1) is 11.6 Å². The van der Waals surface area contributed by atoms with Crippen LogP contribution in [0, 0.1) is 10.1 Å². The lowest BCUT2D eigenvalue weighted by Crippen LogP contribution is -2.30. The molecule has 0 aromatic heterocycles. The normalized spacial score (nSPS) is 13.0. The van der Waals surface area contributed by atoms with Crippen molar-refractivity contribution in [3.63, 3.8) is 0 Å². The number of rotatable bonds is 6. The SMILES string of the molecule is CN(CC(Cl)c1ccccc1)S(=O)(=O)c1ccc([N+](=O)[O-])cc1. The lowest BCUT2D eigenvalue weighted by molar-refractivity contribution is -0.384. The molecule has 2 aromatic carbocycles. The zero-order chi connectivity index (χ0) is 17.0. The van der Waals surface area contributed by atoms with E-state index in [-0.39, 0.29) is 17.1 Å². The molecule has 0 aliphatic carbocycles. The van der Waals surface area contributed by atoms with Gasteiger partial charge in [-0.1, -0.05) is 30.3 Å². The van der Waals surface area contributed by atoms with Gasteiger partial charge in [0.1, 0.15) is 0 Å². The van der Waals surface area contributed by atoms with Crippen molar-refractivity contribution in [2.75, 3.05) is 13.6 Å². The van der Waals surface area contributed by atoms with Gasteiger partial charge in [-0.3, -0.25) is 10.1 Å². The molecule has 0 fully saturated rings. The number of benzene rings is 2. The van der Waals surface area contributed by atoms with Crippen LogP contribution in [-0.2, 0) is 10.0 Å². The fourth-order valence-corrected chi connectivity index (χ4v) is 3.63. The quantitative estimate of drug-likeness (QED) is 0.453. The molecule has 0 saturated heterocycles. The minimum absolute atomic E-state index is 0.0115. The van der Waals surface area contributed by atoms with Crippen LogP contribution in [-0.4, -0.2) is 31.2 Å². The number of hydrogen-bond acceptors (Lipinski definition) is 4. The van der Waals surface area contributed by atoms with E-state index in [9.17, 15) is 18.5 Å². The number of nitrogens with zero attached hydrogens (tertiary/aromatic N) is 2. The molecule has 0 radical (unpaired) electrons. The van der Waals surface area contributed by atoms with Crippen LogP contribution in [0.4, 0.5) is 5.69 Å². The van der Waals surface area contributed by atoms with Crippen LogP contribution < -0.4 is 0 Å². The number of nitro groups is 1. The first-order chi connectivity index (χ1) is 10.8. The van der Waals surface area contributed by atoms with Crippen molar-refractivity contribution >= 4 is 27.3 Å². The minimum Gasteiger partial charge on any atom is -0.258 e. The number of non-ortho nitro benzene ring substituents is 1. The topological polar surface area (TPSA) is 80.5 Å². The summed E-state index contributed by atoms with van der Waals surface area (Å²) < 4.78 is 26.1. The molecule has 1 unspecified atom stereocenters. The highest BCUT2D eigenvalue weighted by Crippen LogP contribution is 2.24. The van der Waals surface area contributed by atoms with Crippen molar-refractivity contribution in [3.8, 4) is 0 Å². The van der Waals surface area contributed by atoms with E-state index in [1.54, 1.807) is 0 Å². The van der Waals surface area contributed by atoms with E-state index in [0.717, 1.165) is 22.0 Å². The maximum atomic E-state index is 12.5. The predicted octanol–water partition coefficient (Wildman–Crippen LogP) is 3.20. The Morgan fingerprint density at radius 3 is 2.22 bits per heavy atom. The van der Waals surface area contributed by atoms with E-state index in [1.807, 2.05) is 30.3 Å². The maximum absolute atomic E-state index is 12.5. The summed E-state index contributed by atoms with van der Waals surface area (Å²) in [6, 6.07) is 13.9. The Balaban J connectivity index is 2.16. The smallest absolute Gasteiger partial charge is 0.258 e. The summed E-state index contributed by atoms with van der Waals surface area (Å²) in [7, 11) is -2.33. The highest BCUT2D eigenvalue weighted by atomic mass is 35.5. The number of halogens is 1. The fraction of sp³-hybridized carbons (Fsp3) is 0.200. The Morgan fingerprint density at radius 2 is 1.70 bits per heavy atom. The molecule has 0 spiro atoms. The van der Waals surface area contributed by atoms with Gasteiger partial charge in [-0.05, 0) is 17.7 Å². The van der Waals surface area contributed by atoms with Crippen LogP contribution in [0.5, 0.6) is 0 Å². The monoisotopic (exact) mass is 354 g/mol. The standard InChI is InChI=1S/C15H15ClN2O4S/c1-17(11-15(16)12-5-3-2-4-6-12)23(21,22)14-9-7-13(8-10-14)18(19)20/h2-10,15H,11H2,1H3. The summed E-state index contributed by atoms with van der Waals surface area (Å²) in [5.74, 6) is 0. The molecule has 0 heterocycles. The molecule has 1 atom stereocenters. The van der Waals surface area contributed by atoms with Crippen molar-refractivity contribution in [1.82, 2.24) is 4.31 Å². The van der Waals surface area contributed by atoms with Crippen LogP contribution in [0.15, 0.2) is 59.5 Å². The van der Waals surface area contributed by atoms with Gasteiger partial charge in [0.25, 0.3) is 5.69 Å². The summed E-state index contributed by atoms with van der Waals surface area (Å²) in [4.78, 5) is 10.0. The lowest BCUT2D eigenvalue weighted by atomic mass is 10.1. The molecule has 0 bridgehead atoms. The molecular formula is C15H15ClN2O4S. The van der Waals surface area contributed by atoms with Crippen molar-refractivity contribution in [2.24, 2.45) is 0 Å². The lowest BCUT2D eigenvalue weighted by Gasteiger charge is -2.20. The molecule has 0 amide bonds.